The highest BCUT2D eigenvalue weighted by atomic mass is 35.5. The van der Waals surface area contributed by atoms with E-state index >= 15 is 0 Å². The summed E-state index contributed by atoms with van der Waals surface area (Å²) >= 11 is 5.89. The van der Waals surface area contributed by atoms with E-state index in [1.165, 1.54) is 7.11 Å². The lowest BCUT2D eigenvalue weighted by Crippen LogP contribution is -2.19. The summed E-state index contributed by atoms with van der Waals surface area (Å²) in [6.45, 7) is 0. The summed E-state index contributed by atoms with van der Waals surface area (Å²) in [7, 11) is 1.50. The average molecular weight is 302 g/mol. The molecule has 0 aromatic heterocycles. The number of carbonyl (C=O) groups is 1. The number of hydrogen-bond acceptors (Lipinski definition) is 3. The minimum absolute atomic E-state index is 0.453. The number of carbonyl (C=O) groups excluding carboxylic acids is 1. The van der Waals surface area contributed by atoms with E-state index in [1.807, 2.05) is 6.07 Å². The van der Waals surface area contributed by atoms with Crippen molar-refractivity contribution in [1.29, 1.82) is 5.26 Å². The third-order valence-electron chi connectivity index (χ3n) is 2.66. The number of nitrogens with one attached hydrogen (secondary N) is 2. The van der Waals surface area contributed by atoms with E-state index in [1.54, 1.807) is 42.5 Å². The first-order valence-corrected chi connectivity index (χ1v) is 6.42. The molecule has 0 atom stereocenters. The number of rotatable bonds is 3. The third-order valence-corrected chi connectivity index (χ3v) is 2.89. The first kappa shape index (κ1) is 14.7. The summed E-state index contributed by atoms with van der Waals surface area (Å²) in [5, 5.41) is 14.6. The van der Waals surface area contributed by atoms with Crippen LogP contribution in [-0.2, 0) is 0 Å². The number of nitrogens with zero attached hydrogens (tertiary/aromatic N) is 1. The van der Waals surface area contributed by atoms with Crippen LogP contribution in [0, 0.1) is 11.3 Å². The fraction of sp³-hybridized carbons (Fsp3) is 0.0667. The molecule has 0 fully saturated rings. The second-order valence-electron chi connectivity index (χ2n) is 4.12. The van der Waals surface area contributed by atoms with Crippen LogP contribution in [-0.4, -0.2) is 13.1 Å². The first-order chi connectivity index (χ1) is 10.1. The van der Waals surface area contributed by atoms with Crippen LogP contribution in [0.15, 0.2) is 42.5 Å². The van der Waals surface area contributed by atoms with E-state index in [0.29, 0.717) is 27.7 Å². The summed E-state index contributed by atoms with van der Waals surface area (Å²) in [6.07, 6.45) is 0. The minimum atomic E-state index is -0.453. The quantitative estimate of drug-likeness (QED) is 0.904. The van der Waals surface area contributed by atoms with Crippen LogP contribution in [0.5, 0.6) is 5.75 Å². The van der Waals surface area contributed by atoms with Gasteiger partial charge < -0.3 is 15.4 Å². The second-order valence-corrected chi connectivity index (χ2v) is 4.55. The zero-order chi connectivity index (χ0) is 15.2. The minimum Gasteiger partial charge on any atom is -0.495 e. The van der Waals surface area contributed by atoms with E-state index in [9.17, 15) is 4.79 Å². The summed E-state index contributed by atoms with van der Waals surface area (Å²) < 4.78 is 5.14. The Balaban J connectivity index is 2.11. The van der Waals surface area contributed by atoms with Crippen molar-refractivity contribution in [2.45, 2.75) is 0 Å². The topological polar surface area (TPSA) is 74.2 Å². The number of halogens is 1. The normalized spacial score (nSPS) is 9.57. The van der Waals surface area contributed by atoms with Crippen molar-refractivity contribution >= 4 is 29.0 Å². The molecule has 106 valence electrons. The van der Waals surface area contributed by atoms with Gasteiger partial charge in [-0.1, -0.05) is 17.7 Å². The Morgan fingerprint density at radius 2 is 2.05 bits per heavy atom. The van der Waals surface area contributed by atoms with Crippen molar-refractivity contribution in [3.05, 3.63) is 53.1 Å². The van der Waals surface area contributed by atoms with Gasteiger partial charge in [0.05, 0.1) is 24.4 Å². The van der Waals surface area contributed by atoms with E-state index < -0.39 is 6.03 Å². The van der Waals surface area contributed by atoms with Crippen LogP contribution in [0.1, 0.15) is 5.56 Å². The molecule has 0 aliphatic carbocycles. The lowest BCUT2D eigenvalue weighted by atomic mass is 10.2. The van der Waals surface area contributed by atoms with Gasteiger partial charge in [0, 0.05) is 10.7 Å². The molecule has 0 heterocycles. The van der Waals surface area contributed by atoms with Crippen molar-refractivity contribution in [2.24, 2.45) is 0 Å². The molecule has 21 heavy (non-hydrogen) atoms. The van der Waals surface area contributed by atoms with Crippen LogP contribution >= 0.6 is 11.6 Å². The molecule has 0 aliphatic rings. The number of urea groups is 1. The predicted octanol–water partition coefficient (Wildman–Crippen LogP) is 3.86. The number of nitriles is 1. The molecule has 0 saturated carbocycles. The van der Waals surface area contributed by atoms with Gasteiger partial charge in [-0.15, -0.1) is 0 Å². The molecule has 0 aliphatic heterocycles. The molecule has 0 spiro atoms. The summed E-state index contributed by atoms with van der Waals surface area (Å²) in [5.41, 5.74) is 1.44. The maximum absolute atomic E-state index is 12.0. The first-order valence-electron chi connectivity index (χ1n) is 6.04. The van der Waals surface area contributed by atoms with Gasteiger partial charge in [0.2, 0.25) is 0 Å². The molecule has 6 heteroatoms. The average Bonchev–Trinajstić information content (AvgIpc) is 2.47. The van der Waals surface area contributed by atoms with Crippen molar-refractivity contribution in [1.82, 2.24) is 0 Å². The van der Waals surface area contributed by atoms with Crippen molar-refractivity contribution in [3.63, 3.8) is 0 Å². The highest BCUT2D eigenvalue weighted by Crippen LogP contribution is 2.27. The van der Waals surface area contributed by atoms with Gasteiger partial charge in [-0.25, -0.2) is 4.79 Å². The Morgan fingerprint density at radius 3 is 2.76 bits per heavy atom. The number of anilines is 2. The third kappa shape index (κ3) is 3.88. The van der Waals surface area contributed by atoms with Gasteiger partial charge in [0.1, 0.15) is 5.75 Å². The molecule has 2 aromatic rings. The maximum atomic E-state index is 12.0. The van der Waals surface area contributed by atoms with E-state index in [2.05, 4.69) is 10.6 Å². The smallest absolute Gasteiger partial charge is 0.323 e. The van der Waals surface area contributed by atoms with E-state index in [4.69, 9.17) is 21.6 Å². The zero-order valence-electron chi connectivity index (χ0n) is 11.2. The van der Waals surface area contributed by atoms with Gasteiger partial charge in [-0.3, -0.25) is 0 Å². The maximum Gasteiger partial charge on any atom is 0.323 e. The van der Waals surface area contributed by atoms with Crippen LogP contribution in [0.4, 0.5) is 16.2 Å². The number of methoxy groups -OCH3 is 1. The van der Waals surface area contributed by atoms with Crippen molar-refractivity contribution in [2.75, 3.05) is 17.7 Å². The highest BCUT2D eigenvalue weighted by Gasteiger charge is 2.08. The van der Waals surface area contributed by atoms with E-state index in [-0.39, 0.29) is 0 Å². The molecule has 0 unspecified atom stereocenters. The number of hydrogen-bond donors (Lipinski definition) is 2. The van der Waals surface area contributed by atoms with Gasteiger partial charge >= 0.3 is 6.03 Å². The molecule has 2 amide bonds. The Labute approximate surface area is 127 Å². The second kappa shape index (κ2) is 6.64. The fourth-order valence-electron chi connectivity index (χ4n) is 1.73. The molecular weight excluding hydrogens is 290 g/mol. The Bertz CT molecular complexity index is 710. The lowest BCUT2D eigenvalue weighted by Gasteiger charge is -2.11. The van der Waals surface area contributed by atoms with E-state index in [0.717, 1.165) is 0 Å². The molecule has 0 saturated heterocycles. The molecule has 5 nitrogen and oxygen atoms in total. The standard InChI is InChI=1S/C15H12ClN3O2/c1-21-14-6-5-11(16)8-13(14)19-15(20)18-12-4-2-3-10(7-12)9-17/h2-8H,1H3,(H2,18,19,20). The lowest BCUT2D eigenvalue weighted by molar-refractivity contribution is 0.262. The summed E-state index contributed by atoms with van der Waals surface area (Å²) in [4.78, 5) is 12.0. The van der Waals surface area contributed by atoms with Crippen molar-refractivity contribution in [3.8, 4) is 11.8 Å². The highest BCUT2D eigenvalue weighted by molar-refractivity contribution is 6.31. The van der Waals surface area contributed by atoms with Crippen LogP contribution in [0.25, 0.3) is 0 Å². The molecule has 2 aromatic carbocycles. The van der Waals surface area contributed by atoms with Gasteiger partial charge in [0.15, 0.2) is 0 Å². The molecule has 0 radical (unpaired) electrons. The summed E-state index contributed by atoms with van der Waals surface area (Å²) in [6, 6.07) is 13.1. The molecule has 2 rings (SSSR count). The summed E-state index contributed by atoms with van der Waals surface area (Å²) in [5.74, 6) is 0.500. The monoisotopic (exact) mass is 301 g/mol. The number of benzene rings is 2. The van der Waals surface area contributed by atoms with Crippen LogP contribution in [0.2, 0.25) is 5.02 Å². The Hall–Kier alpha value is -2.71. The zero-order valence-corrected chi connectivity index (χ0v) is 11.9. The fourth-order valence-corrected chi connectivity index (χ4v) is 1.90. The van der Waals surface area contributed by atoms with Gasteiger partial charge in [-0.2, -0.15) is 5.26 Å². The number of amides is 2. The number of ether oxygens (including phenoxy) is 1. The largest absolute Gasteiger partial charge is 0.495 e. The molecule has 0 bridgehead atoms. The Kier molecular flexibility index (Phi) is 4.64. The van der Waals surface area contributed by atoms with Gasteiger partial charge in [0.25, 0.3) is 0 Å². The van der Waals surface area contributed by atoms with Gasteiger partial charge in [-0.05, 0) is 36.4 Å². The SMILES string of the molecule is COc1ccc(Cl)cc1NC(=O)Nc1cccc(C#N)c1. The molecule has 2 N–H and O–H groups in total. The van der Waals surface area contributed by atoms with Crippen LogP contribution < -0.4 is 15.4 Å². The van der Waals surface area contributed by atoms with Crippen LogP contribution in [0.3, 0.4) is 0 Å². The predicted molar refractivity (Wildman–Crippen MR) is 81.8 cm³/mol. The Morgan fingerprint density at radius 1 is 1.24 bits per heavy atom. The van der Waals surface area contributed by atoms with Crippen molar-refractivity contribution < 1.29 is 9.53 Å². The molecular formula is C15H12ClN3O2.